The molecule has 2 heterocycles. The number of piperidine rings is 1. The average Bonchev–Trinajstić information content (AvgIpc) is 2.33. The lowest BCUT2D eigenvalue weighted by molar-refractivity contribution is -0.122. The molecule has 1 saturated heterocycles. The molecule has 2 N–H and O–H groups in total. The zero-order chi connectivity index (χ0) is 12.1. The Morgan fingerprint density at radius 2 is 2.41 bits per heavy atom. The van der Waals surface area contributed by atoms with Gasteiger partial charge < -0.3 is 10.6 Å². The van der Waals surface area contributed by atoms with Crippen molar-refractivity contribution >= 4 is 11.7 Å². The number of carbonyl (C=O) groups excluding carboxylic acids is 1. The van der Waals surface area contributed by atoms with Crippen molar-refractivity contribution < 1.29 is 4.79 Å². The molecule has 0 saturated carbocycles. The van der Waals surface area contributed by atoms with Gasteiger partial charge in [-0.3, -0.25) is 4.79 Å². The van der Waals surface area contributed by atoms with Crippen LogP contribution in [0.15, 0.2) is 12.4 Å². The van der Waals surface area contributed by atoms with E-state index in [9.17, 15) is 4.79 Å². The molecule has 1 unspecified atom stereocenters. The Balaban J connectivity index is 1.93. The predicted octanol–water partition coefficient (Wildman–Crippen LogP) is 1.12. The molecule has 5 nitrogen and oxygen atoms in total. The van der Waals surface area contributed by atoms with Crippen LogP contribution >= 0.6 is 0 Å². The van der Waals surface area contributed by atoms with Crippen LogP contribution in [0.5, 0.6) is 0 Å². The van der Waals surface area contributed by atoms with Gasteiger partial charge in [-0.25, -0.2) is 9.97 Å². The number of rotatable bonds is 4. The second-order valence-corrected chi connectivity index (χ2v) is 4.33. The van der Waals surface area contributed by atoms with Gasteiger partial charge in [-0.15, -0.1) is 0 Å². The summed E-state index contributed by atoms with van der Waals surface area (Å²) in [6, 6.07) is 2.26. The van der Waals surface area contributed by atoms with Gasteiger partial charge in [0.25, 0.3) is 0 Å². The van der Waals surface area contributed by atoms with E-state index in [1.165, 1.54) is 0 Å². The van der Waals surface area contributed by atoms with Gasteiger partial charge >= 0.3 is 0 Å². The number of anilines is 1. The van der Waals surface area contributed by atoms with E-state index in [0.29, 0.717) is 13.0 Å². The molecule has 1 fully saturated rings. The molecule has 1 aliphatic rings. The molecule has 2 rings (SSSR count). The van der Waals surface area contributed by atoms with Gasteiger partial charge in [-0.05, 0) is 12.8 Å². The molecular formula is C12H18N4O. The predicted molar refractivity (Wildman–Crippen MR) is 65.7 cm³/mol. The highest BCUT2D eigenvalue weighted by Crippen LogP contribution is 2.11. The third-order valence-corrected chi connectivity index (χ3v) is 2.85. The van der Waals surface area contributed by atoms with Crippen LogP contribution in [0.4, 0.5) is 5.82 Å². The Kier molecular flexibility index (Phi) is 3.90. The standard InChI is InChI=1S/C12H18N4O/c1-2-3-9-6-11(15-8-14-9)16-10-4-5-12(17)13-7-10/h6,8,10H,2-5,7H2,1H3,(H,13,17)(H,14,15,16). The number of nitrogens with one attached hydrogen (secondary N) is 2. The number of amides is 1. The lowest BCUT2D eigenvalue weighted by Crippen LogP contribution is -2.42. The highest BCUT2D eigenvalue weighted by molar-refractivity contribution is 5.76. The summed E-state index contributed by atoms with van der Waals surface area (Å²) in [5.41, 5.74) is 1.06. The Labute approximate surface area is 101 Å². The fourth-order valence-electron chi connectivity index (χ4n) is 1.93. The van der Waals surface area contributed by atoms with E-state index in [2.05, 4.69) is 27.5 Å². The molecule has 1 atom stereocenters. The highest BCUT2D eigenvalue weighted by atomic mass is 16.1. The van der Waals surface area contributed by atoms with Gasteiger partial charge in [0, 0.05) is 30.8 Å². The zero-order valence-corrected chi connectivity index (χ0v) is 10.1. The van der Waals surface area contributed by atoms with Crippen molar-refractivity contribution in [3.05, 3.63) is 18.1 Å². The summed E-state index contributed by atoms with van der Waals surface area (Å²) in [5.74, 6) is 0.988. The minimum absolute atomic E-state index is 0.136. The van der Waals surface area contributed by atoms with Crippen molar-refractivity contribution in [1.82, 2.24) is 15.3 Å². The number of aromatic nitrogens is 2. The Morgan fingerprint density at radius 1 is 1.53 bits per heavy atom. The van der Waals surface area contributed by atoms with Crippen molar-refractivity contribution in [3.63, 3.8) is 0 Å². The second-order valence-electron chi connectivity index (χ2n) is 4.33. The topological polar surface area (TPSA) is 66.9 Å². The average molecular weight is 234 g/mol. The Morgan fingerprint density at radius 3 is 3.12 bits per heavy atom. The van der Waals surface area contributed by atoms with E-state index >= 15 is 0 Å². The fraction of sp³-hybridized carbons (Fsp3) is 0.583. The molecule has 0 aromatic carbocycles. The molecule has 1 aromatic rings. The van der Waals surface area contributed by atoms with Crippen LogP contribution in [-0.2, 0) is 11.2 Å². The summed E-state index contributed by atoms with van der Waals surface area (Å²) in [6.07, 6.45) is 5.09. The first kappa shape index (κ1) is 11.8. The molecule has 1 amide bonds. The fourth-order valence-corrected chi connectivity index (χ4v) is 1.93. The van der Waals surface area contributed by atoms with Gasteiger partial charge in [-0.2, -0.15) is 0 Å². The first-order valence-corrected chi connectivity index (χ1v) is 6.12. The normalized spacial score (nSPS) is 19.8. The van der Waals surface area contributed by atoms with Crippen LogP contribution < -0.4 is 10.6 Å². The van der Waals surface area contributed by atoms with E-state index in [-0.39, 0.29) is 11.9 Å². The largest absolute Gasteiger partial charge is 0.365 e. The van der Waals surface area contributed by atoms with Crippen LogP contribution in [-0.4, -0.2) is 28.5 Å². The van der Waals surface area contributed by atoms with Gasteiger partial charge in [0.2, 0.25) is 5.91 Å². The summed E-state index contributed by atoms with van der Waals surface area (Å²) in [6.45, 7) is 2.80. The van der Waals surface area contributed by atoms with Crippen molar-refractivity contribution in [2.45, 2.75) is 38.6 Å². The third-order valence-electron chi connectivity index (χ3n) is 2.85. The Hall–Kier alpha value is -1.65. The van der Waals surface area contributed by atoms with E-state index in [4.69, 9.17) is 0 Å². The van der Waals surface area contributed by atoms with Crippen LogP contribution in [0.3, 0.4) is 0 Å². The van der Waals surface area contributed by atoms with Crippen LogP contribution in [0.2, 0.25) is 0 Å². The molecule has 1 aromatic heterocycles. The monoisotopic (exact) mass is 234 g/mol. The summed E-state index contributed by atoms with van der Waals surface area (Å²) in [5, 5.41) is 6.18. The molecule has 5 heteroatoms. The number of hydrogen-bond acceptors (Lipinski definition) is 4. The summed E-state index contributed by atoms with van der Waals surface area (Å²) >= 11 is 0. The zero-order valence-electron chi connectivity index (χ0n) is 10.1. The number of hydrogen-bond donors (Lipinski definition) is 2. The maximum absolute atomic E-state index is 11.0. The minimum Gasteiger partial charge on any atom is -0.365 e. The molecule has 0 bridgehead atoms. The molecule has 0 spiro atoms. The SMILES string of the molecule is CCCc1cc(NC2CCC(=O)NC2)ncn1. The van der Waals surface area contributed by atoms with Crippen LogP contribution in [0, 0.1) is 0 Å². The van der Waals surface area contributed by atoms with Crippen LogP contribution in [0.25, 0.3) is 0 Å². The summed E-state index contributed by atoms with van der Waals surface area (Å²) < 4.78 is 0. The van der Waals surface area contributed by atoms with Crippen LogP contribution in [0.1, 0.15) is 31.9 Å². The maximum atomic E-state index is 11.0. The van der Waals surface area contributed by atoms with Crippen molar-refractivity contribution in [1.29, 1.82) is 0 Å². The van der Waals surface area contributed by atoms with Crippen molar-refractivity contribution in [2.75, 3.05) is 11.9 Å². The lowest BCUT2D eigenvalue weighted by atomic mass is 10.1. The first-order valence-electron chi connectivity index (χ1n) is 6.12. The van der Waals surface area contributed by atoms with Gasteiger partial charge in [0.1, 0.15) is 12.1 Å². The Bertz CT molecular complexity index is 384. The molecule has 92 valence electrons. The highest BCUT2D eigenvalue weighted by Gasteiger charge is 2.17. The summed E-state index contributed by atoms with van der Waals surface area (Å²) in [4.78, 5) is 19.4. The van der Waals surface area contributed by atoms with Gasteiger partial charge in [-0.1, -0.05) is 13.3 Å². The number of carbonyl (C=O) groups is 1. The van der Waals surface area contributed by atoms with Crippen molar-refractivity contribution in [2.24, 2.45) is 0 Å². The first-order chi connectivity index (χ1) is 8.28. The molecular weight excluding hydrogens is 216 g/mol. The molecule has 0 aliphatic carbocycles. The van der Waals surface area contributed by atoms with Gasteiger partial charge in [0.15, 0.2) is 0 Å². The van der Waals surface area contributed by atoms with E-state index < -0.39 is 0 Å². The smallest absolute Gasteiger partial charge is 0.220 e. The quantitative estimate of drug-likeness (QED) is 0.819. The van der Waals surface area contributed by atoms with Crippen molar-refractivity contribution in [3.8, 4) is 0 Å². The maximum Gasteiger partial charge on any atom is 0.220 e. The van der Waals surface area contributed by atoms with E-state index in [1.807, 2.05) is 6.07 Å². The second kappa shape index (κ2) is 5.61. The lowest BCUT2D eigenvalue weighted by Gasteiger charge is -2.23. The third kappa shape index (κ3) is 3.41. The summed E-state index contributed by atoms with van der Waals surface area (Å²) in [7, 11) is 0. The number of aryl methyl sites for hydroxylation is 1. The molecule has 17 heavy (non-hydrogen) atoms. The van der Waals surface area contributed by atoms with E-state index in [1.54, 1.807) is 6.33 Å². The minimum atomic E-state index is 0.136. The van der Waals surface area contributed by atoms with E-state index in [0.717, 1.165) is 30.8 Å². The molecule has 1 aliphatic heterocycles. The molecule has 0 radical (unpaired) electrons. The van der Waals surface area contributed by atoms with Gasteiger partial charge in [0.05, 0.1) is 0 Å². The number of nitrogens with zero attached hydrogens (tertiary/aromatic N) is 2.